The van der Waals surface area contributed by atoms with Crippen LogP contribution >= 0.6 is 0 Å². The van der Waals surface area contributed by atoms with Crippen molar-refractivity contribution in [2.45, 2.75) is 6.42 Å². The summed E-state index contributed by atoms with van der Waals surface area (Å²) in [4.78, 5) is 23.5. The first-order chi connectivity index (χ1) is 14.1. The van der Waals surface area contributed by atoms with Gasteiger partial charge in [0, 0.05) is 30.2 Å². The number of nitrogens with one attached hydrogen (secondary N) is 1. The molecule has 3 rings (SSSR count). The molecular weight excluding hydrogens is 374 g/mol. The fraction of sp³-hybridized carbons (Fsp3) is 0.273. The van der Waals surface area contributed by atoms with Crippen LogP contribution in [0, 0.1) is 5.92 Å². The average molecular weight is 397 g/mol. The average Bonchev–Trinajstić information content (AvgIpc) is 3.17. The Kier molecular flexibility index (Phi) is 6.99. The summed E-state index contributed by atoms with van der Waals surface area (Å²) in [5.74, 6) is -1.20. The first kappa shape index (κ1) is 20.6. The van der Waals surface area contributed by atoms with E-state index in [0.29, 0.717) is 5.56 Å². The van der Waals surface area contributed by atoms with Crippen molar-refractivity contribution in [3.8, 4) is 11.3 Å². The first-order valence-electron chi connectivity index (χ1n) is 9.25. The molecule has 0 aliphatic rings. The van der Waals surface area contributed by atoms with Gasteiger partial charge in [-0.15, -0.1) is 0 Å². The van der Waals surface area contributed by atoms with E-state index in [1.54, 1.807) is 12.1 Å². The number of amides is 1. The van der Waals surface area contributed by atoms with Crippen LogP contribution in [-0.4, -0.2) is 44.0 Å². The van der Waals surface area contributed by atoms with E-state index in [1.807, 2.05) is 42.5 Å². The fourth-order valence-electron chi connectivity index (χ4n) is 2.92. The number of fused-ring (bicyclic) bond motifs is 1. The van der Waals surface area contributed by atoms with Crippen LogP contribution in [0.5, 0.6) is 0 Å². The van der Waals surface area contributed by atoms with E-state index in [9.17, 15) is 14.7 Å². The number of para-hydroxylation sites is 1. The lowest BCUT2D eigenvalue weighted by Crippen LogP contribution is -2.29. The molecule has 7 heteroatoms. The summed E-state index contributed by atoms with van der Waals surface area (Å²) < 4.78 is 15.7. The molecule has 2 aromatic carbocycles. The minimum Gasteiger partial charge on any atom is -0.481 e. The van der Waals surface area contributed by atoms with Crippen LogP contribution in [0.3, 0.4) is 0 Å². The monoisotopic (exact) mass is 397 g/mol. The summed E-state index contributed by atoms with van der Waals surface area (Å²) in [7, 11) is 1.47. The molecule has 2 N–H and O–H groups in total. The van der Waals surface area contributed by atoms with Crippen LogP contribution in [0.2, 0.25) is 0 Å². The number of rotatable bonds is 10. The number of carboxylic acid groups (broad SMARTS) is 1. The molecule has 1 atom stereocenters. The van der Waals surface area contributed by atoms with Crippen molar-refractivity contribution >= 4 is 22.8 Å². The Hall–Kier alpha value is -3.16. The number of methoxy groups -OCH3 is 1. The highest BCUT2D eigenvalue weighted by atomic mass is 16.7. The van der Waals surface area contributed by atoms with E-state index in [-0.39, 0.29) is 32.3 Å². The van der Waals surface area contributed by atoms with Gasteiger partial charge in [0.05, 0.1) is 12.5 Å². The number of carboxylic acids is 1. The van der Waals surface area contributed by atoms with E-state index >= 15 is 0 Å². The Morgan fingerprint density at radius 3 is 2.59 bits per heavy atom. The number of benzene rings is 2. The Bertz CT molecular complexity index is 930. The lowest BCUT2D eigenvalue weighted by atomic mass is 10.1. The number of aliphatic carboxylic acids is 1. The summed E-state index contributed by atoms with van der Waals surface area (Å²) in [5, 5.41) is 13.0. The predicted molar refractivity (Wildman–Crippen MR) is 108 cm³/mol. The maximum Gasteiger partial charge on any atom is 0.308 e. The molecule has 0 fully saturated rings. The zero-order valence-corrected chi connectivity index (χ0v) is 16.1. The third-order valence-electron chi connectivity index (χ3n) is 4.50. The van der Waals surface area contributed by atoms with E-state index in [0.717, 1.165) is 22.3 Å². The van der Waals surface area contributed by atoms with Crippen molar-refractivity contribution in [1.82, 2.24) is 5.32 Å². The molecule has 0 radical (unpaired) electrons. The summed E-state index contributed by atoms with van der Waals surface area (Å²) in [6, 6.07) is 16.8. The molecule has 1 aromatic heterocycles. The third kappa shape index (κ3) is 5.43. The molecule has 0 aliphatic carbocycles. The molecule has 0 saturated carbocycles. The van der Waals surface area contributed by atoms with Gasteiger partial charge in [-0.3, -0.25) is 9.59 Å². The lowest BCUT2D eigenvalue weighted by molar-refractivity contribution is -0.146. The van der Waals surface area contributed by atoms with Gasteiger partial charge in [-0.25, -0.2) is 0 Å². The quantitative estimate of drug-likeness (QED) is 0.401. The highest BCUT2D eigenvalue weighted by molar-refractivity contribution is 5.94. The van der Waals surface area contributed by atoms with Gasteiger partial charge in [0.15, 0.2) is 0 Å². The molecule has 7 nitrogen and oxygen atoms in total. The number of carbonyl (C=O) groups excluding carboxylic acids is 1. The fourth-order valence-corrected chi connectivity index (χ4v) is 2.92. The molecular formula is C22H23NO6. The number of furan rings is 1. The molecule has 0 spiro atoms. The molecule has 1 heterocycles. The van der Waals surface area contributed by atoms with E-state index < -0.39 is 11.9 Å². The maximum atomic E-state index is 12.3. The number of carbonyl (C=O) groups is 2. The van der Waals surface area contributed by atoms with Crippen LogP contribution < -0.4 is 5.32 Å². The maximum absolute atomic E-state index is 12.3. The molecule has 0 bridgehead atoms. The molecule has 29 heavy (non-hydrogen) atoms. The number of hydrogen-bond donors (Lipinski definition) is 2. The van der Waals surface area contributed by atoms with Crippen LogP contribution in [-0.2, 0) is 14.3 Å². The van der Waals surface area contributed by atoms with Crippen LogP contribution in [0.1, 0.15) is 16.8 Å². The van der Waals surface area contributed by atoms with Crippen molar-refractivity contribution in [1.29, 1.82) is 0 Å². The summed E-state index contributed by atoms with van der Waals surface area (Å²) in [6.45, 7) is 0.302. The Balaban J connectivity index is 1.55. The molecule has 152 valence electrons. The van der Waals surface area contributed by atoms with Crippen LogP contribution in [0.25, 0.3) is 22.3 Å². The smallest absolute Gasteiger partial charge is 0.308 e. The van der Waals surface area contributed by atoms with Gasteiger partial charge >= 0.3 is 5.97 Å². The molecule has 3 aromatic rings. The van der Waals surface area contributed by atoms with E-state index in [2.05, 4.69) is 5.32 Å². The van der Waals surface area contributed by atoms with Crippen molar-refractivity contribution in [2.24, 2.45) is 5.92 Å². The summed E-state index contributed by atoms with van der Waals surface area (Å²) in [6.07, 6.45) is 0.266. The lowest BCUT2D eigenvalue weighted by Gasteiger charge is -2.13. The van der Waals surface area contributed by atoms with Gasteiger partial charge in [0.2, 0.25) is 0 Å². The van der Waals surface area contributed by atoms with Gasteiger partial charge in [-0.05, 0) is 30.7 Å². The van der Waals surface area contributed by atoms with Gasteiger partial charge in [-0.1, -0.05) is 30.3 Å². The van der Waals surface area contributed by atoms with Crippen LogP contribution in [0.4, 0.5) is 0 Å². The Labute approximate surface area is 168 Å². The van der Waals surface area contributed by atoms with Crippen molar-refractivity contribution in [3.05, 3.63) is 60.2 Å². The minimum absolute atomic E-state index is 0.0330. The van der Waals surface area contributed by atoms with Crippen LogP contribution in [0.15, 0.2) is 59.0 Å². The highest BCUT2D eigenvalue weighted by Crippen LogP contribution is 2.27. The second-order valence-corrected chi connectivity index (χ2v) is 6.58. The number of hydrogen-bond acceptors (Lipinski definition) is 5. The van der Waals surface area contributed by atoms with Crippen molar-refractivity contribution in [2.75, 3.05) is 27.1 Å². The minimum atomic E-state index is -0.967. The molecule has 0 aliphatic heterocycles. The normalized spacial score (nSPS) is 12.0. The topological polar surface area (TPSA) is 98.0 Å². The second-order valence-electron chi connectivity index (χ2n) is 6.58. The van der Waals surface area contributed by atoms with E-state index in [4.69, 9.17) is 13.9 Å². The first-order valence-corrected chi connectivity index (χ1v) is 9.25. The third-order valence-corrected chi connectivity index (χ3v) is 4.50. The second kappa shape index (κ2) is 9.86. The zero-order chi connectivity index (χ0) is 20.6. The highest BCUT2D eigenvalue weighted by Gasteiger charge is 2.18. The van der Waals surface area contributed by atoms with Crippen molar-refractivity contribution < 1.29 is 28.6 Å². The SMILES string of the molecule is COCOCC(CCNC(=O)c1ccc(-c2cc3ccccc3o2)cc1)C(=O)O. The largest absolute Gasteiger partial charge is 0.481 e. The van der Waals surface area contributed by atoms with Gasteiger partial charge in [-0.2, -0.15) is 0 Å². The van der Waals surface area contributed by atoms with E-state index in [1.165, 1.54) is 7.11 Å². The molecule has 1 amide bonds. The molecule has 0 saturated heterocycles. The zero-order valence-electron chi connectivity index (χ0n) is 16.1. The predicted octanol–water partition coefficient (Wildman–Crippen LogP) is 3.54. The van der Waals surface area contributed by atoms with Gasteiger partial charge in [0.25, 0.3) is 5.91 Å². The molecule has 1 unspecified atom stereocenters. The van der Waals surface area contributed by atoms with Gasteiger partial charge in [0.1, 0.15) is 18.1 Å². The van der Waals surface area contributed by atoms with Crippen molar-refractivity contribution in [3.63, 3.8) is 0 Å². The summed E-state index contributed by atoms with van der Waals surface area (Å²) in [5.41, 5.74) is 2.18. The number of ether oxygens (including phenoxy) is 2. The summed E-state index contributed by atoms with van der Waals surface area (Å²) >= 11 is 0. The van der Waals surface area contributed by atoms with Gasteiger partial charge < -0.3 is 24.3 Å². The standard InChI is InChI=1S/C22H23NO6/c1-27-14-28-13-18(22(25)26)10-11-23-21(24)16-8-6-15(7-9-16)20-12-17-4-2-3-5-19(17)29-20/h2-9,12,18H,10-11,13-14H2,1H3,(H,23,24)(H,25,26). The Morgan fingerprint density at radius 2 is 1.90 bits per heavy atom. The Morgan fingerprint density at radius 1 is 1.14 bits per heavy atom.